The lowest BCUT2D eigenvalue weighted by atomic mass is 9.76. The molecule has 2 N–H and O–H groups in total. The van der Waals surface area contributed by atoms with Gasteiger partial charge in [0.2, 0.25) is 5.91 Å². The fraction of sp³-hybridized carbons (Fsp3) is 0.435. The first-order valence-electron chi connectivity index (χ1n) is 9.87. The molecular weight excluding hydrogens is 320 g/mol. The van der Waals surface area contributed by atoms with Gasteiger partial charge in [0, 0.05) is 24.7 Å². The van der Waals surface area contributed by atoms with Crippen molar-refractivity contribution in [3.05, 3.63) is 65.2 Å². The number of hydrogen-bond donors (Lipinski definition) is 2. The summed E-state index contributed by atoms with van der Waals surface area (Å²) in [6.07, 6.45) is 5.12. The molecule has 136 valence electrons. The van der Waals surface area contributed by atoms with Gasteiger partial charge in [0.25, 0.3) is 0 Å². The van der Waals surface area contributed by atoms with Crippen LogP contribution in [0, 0.1) is 5.92 Å². The highest BCUT2D eigenvalue weighted by Gasteiger charge is 2.27. The predicted octanol–water partition coefficient (Wildman–Crippen LogP) is 4.63. The first-order valence-corrected chi connectivity index (χ1v) is 9.87. The summed E-state index contributed by atoms with van der Waals surface area (Å²) in [5.74, 6) is 1.52. The average molecular weight is 348 g/mol. The van der Waals surface area contributed by atoms with Gasteiger partial charge in [0.05, 0.1) is 0 Å². The molecule has 0 spiro atoms. The molecule has 0 aromatic heterocycles. The number of carbonyl (C=O) groups is 1. The van der Waals surface area contributed by atoms with E-state index in [1.165, 1.54) is 41.6 Å². The van der Waals surface area contributed by atoms with Crippen LogP contribution in [0.15, 0.2) is 48.5 Å². The molecule has 1 fully saturated rings. The topological polar surface area (TPSA) is 41.1 Å². The van der Waals surface area contributed by atoms with Crippen LogP contribution in [0.25, 0.3) is 0 Å². The lowest BCUT2D eigenvalue weighted by Gasteiger charge is -2.35. The molecule has 2 aliphatic rings. The third-order valence-corrected chi connectivity index (χ3v) is 5.89. The Hall–Kier alpha value is -2.29. The molecule has 1 aliphatic heterocycles. The van der Waals surface area contributed by atoms with Crippen molar-refractivity contribution in [1.82, 2.24) is 5.32 Å². The first-order chi connectivity index (χ1) is 12.7. The average Bonchev–Trinajstić information content (AvgIpc) is 2.84. The Bertz CT molecular complexity index is 771. The highest BCUT2D eigenvalue weighted by Crippen LogP contribution is 2.37. The first kappa shape index (κ1) is 17.1. The van der Waals surface area contributed by atoms with E-state index in [0.29, 0.717) is 24.9 Å². The Morgan fingerprint density at radius 1 is 0.962 bits per heavy atom. The van der Waals surface area contributed by atoms with Crippen LogP contribution in [0.1, 0.15) is 55.2 Å². The van der Waals surface area contributed by atoms with Gasteiger partial charge in [-0.1, -0.05) is 43.3 Å². The van der Waals surface area contributed by atoms with E-state index in [-0.39, 0.29) is 5.91 Å². The van der Waals surface area contributed by atoms with Crippen molar-refractivity contribution in [2.75, 3.05) is 5.32 Å². The zero-order chi connectivity index (χ0) is 17.9. The van der Waals surface area contributed by atoms with Gasteiger partial charge in [-0.15, -0.1) is 0 Å². The van der Waals surface area contributed by atoms with E-state index in [4.69, 9.17) is 0 Å². The van der Waals surface area contributed by atoms with Crippen molar-refractivity contribution in [2.24, 2.45) is 5.92 Å². The molecule has 1 saturated carbocycles. The van der Waals surface area contributed by atoms with E-state index < -0.39 is 0 Å². The number of rotatable bonds is 3. The minimum absolute atomic E-state index is 0.155. The van der Waals surface area contributed by atoms with Gasteiger partial charge in [0.15, 0.2) is 0 Å². The fourth-order valence-electron chi connectivity index (χ4n) is 4.61. The highest BCUT2D eigenvalue weighted by atomic mass is 16.1. The van der Waals surface area contributed by atoms with E-state index in [1.807, 2.05) is 0 Å². The Balaban J connectivity index is 1.47. The van der Waals surface area contributed by atoms with Gasteiger partial charge in [-0.3, -0.25) is 4.79 Å². The second-order valence-electron chi connectivity index (χ2n) is 8.02. The van der Waals surface area contributed by atoms with Crippen LogP contribution in [0.5, 0.6) is 0 Å². The molecule has 3 atom stereocenters. The maximum absolute atomic E-state index is 11.6. The van der Waals surface area contributed by atoms with Crippen LogP contribution in [0.2, 0.25) is 0 Å². The minimum Gasteiger partial charge on any atom is -0.382 e. The maximum Gasteiger partial charge on any atom is 0.220 e. The van der Waals surface area contributed by atoms with Crippen molar-refractivity contribution >= 4 is 11.6 Å². The SMILES string of the molecule is CC1CC(Nc2ccc3c(c2)CNC(=O)CC3)CC(c2ccccc2)C1. The molecule has 0 saturated heterocycles. The largest absolute Gasteiger partial charge is 0.382 e. The quantitative estimate of drug-likeness (QED) is 0.849. The smallest absolute Gasteiger partial charge is 0.220 e. The van der Waals surface area contributed by atoms with Crippen molar-refractivity contribution < 1.29 is 4.79 Å². The number of amides is 1. The monoisotopic (exact) mass is 348 g/mol. The van der Waals surface area contributed by atoms with Gasteiger partial charge < -0.3 is 10.6 Å². The molecule has 0 radical (unpaired) electrons. The molecule has 1 heterocycles. The van der Waals surface area contributed by atoms with Crippen LogP contribution in [0.4, 0.5) is 5.69 Å². The standard InChI is InChI=1S/C23H28N2O/c1-16-11-19(17-5-3-2-4-6-17)13-22(12-16)25-21-9-7-18-8-10-23(26)24-15-20(18)14-21/h2-7,9,14,16,19,22,25H,8,10-13,15H2,1H3,(H,24,26). The molecule has 1 amide bonds. The normalized spacial score (nSPS) is 25.7. The number of carbonyl (C=O) groups excluding carboxylic acids is 1. The van der Waals surface area contributed by atoms with Crippen LogP contribution in [0.3, 0.4) is 0 Å². The van der Waals surface area contributed by atoms with Crippen molar-refractivity contribution in [2.45, 2.75) is 57.5 Å². The Morgan fingerprint density at radius 3 is 2.65 bits per heavy atom. The van der Waals surface area contributed by atoms with Gasteiger partial charge in [-0.2, -0.15) is 0 Å². The molecule has 4 rings (SSSR count). The van der Waals surface area contributed by atoms with Crippen LogP contribution >= 0.6 is 0 Å². The number of hydrogen-bond acceptors (Lipinski definition) is 2. The Kier molecular flexibility index (Phi) is 4.96. The van der Waals surface area contributed by atoms with Crippen LogP contribution in [-0.4, -0.2) is 11.9 Å². The van der Waals surface area contributed by atoms with Crippen molar-refractivity contribution in [1.29, 1.82) is 0 Å². The van der Waals surface area contributed by atoms with Crippen molar-refractivity contribution in [3.8, 4) is 0 Å². The number of anilines is 1. The predicted molar refractivity (Wildman–Crippen MR) is 106 cm³/mol. The lowest BCUT2D eigenvalue weighted by molar-refractivity contribution is -0.121. The van der Waals surface area contributed by atoms with E-state index in [9.17, 15) is 4.79 Å². The Labute approximate surface area is 156 Å². The summed E-state index contributed by atoms with van der Waals surface area (Å²) in [6, 6.07) is 18.1. The molecule has 3 nitrogen and oxygen atoms in total. The van der Waals surface area contributed by atoms with Gasteiger partial charge in [0.1, 0.15) is 0 Å². The number of aryl methyl sites for hydroxylation is 1. The summed E-state index contributed by atoms with van der Waals surface area (Å²) >= 11 is 0. The second kappa shape index (κ2) is 7.53. The second-order valence-corrected chi connectivity index (χ2v) is 8.02. The van der Waals surface area contributed by atoms with Gasteiger partial charge in [-0.25, -0.2) is 0 Å². The highest BCUT2D eigenvalue weighted by molar-refractivity contribution is 5.77. The third kappa shape index (κ3) is 3.92. The molecule has 0 bridgehead atoms. The van der Waals surface area contributed by atoms with E-state index >= 15 is 0 Å². The summed E-state index contributed by atoms with van der Waals surface area (Å²) in [5, 5.41) is 6.78. The molecule has 1 aliphatic carbocycles. The third-order valence-electron chi connectivity index (χ3n) is 5.89. The molecule has 3 heteroatoms. The minimum atomic E-state index is 0.155. The fourth-order valence-corrected chi connectivity index (χ4v) is 4.61. The summed E-state index contributed by atoms with van der Waals surface area (Å²) in [7, 11) is 0. The lowest BCUT2D eigenvalue weighted by Crippen LogP contribution is -2.30. The summed E-state index contributed by atoms with van der Waals surface area (Å²) in [5.41, 5.74) is 5.21. The zero-order valence-corrected chi connectivity index (χ0v) is 15.5. The van der Waals surface area contributed by atoms with E-state index in [1.54, 1.807) is 0 Å². The molecule has 2 aromatic carbocycles. The zero-order valence-electron chi connectivity index (χ0n) is 15.5. The van der Waals surface area contributed by atoms with Crippen LogP contribution in [-0.2, 0) is 17.8 Å². The maximum atomic E-state index is 11.6. The van der Waals surface area contributed by atoms with E-state index in [0.717, 1.165) is 12.3 Å². The number of benzene rings is 2. The number of nitrogens with one attached hydrogen (secondary N) is 2. The summed E-state index contributed by atoms with van der Waals surface area (Å²) < 4.78 is 0. The molecule has 3 unspecified atom stereocenters. The summed E-state index contributed by atoms with van der Waals surface area (Å²) in [4.78, 5) is 11.6. The molecule has 2 aromatic rings. The summed E-state index contributed by atoms with van der Waals surface area (Å²) in [6.45, 7) is 3.02. The van der Waals surface area contributed by atoms with Crippen molar-refractivity contribution in [3.63, 3.8) is 0 Å². The molecular formula is C23H28N2O. The van der Waals surface area contributed by atoms with Crippen LogP contribution < -0.4 is 10.6 Å². The van der Waals surface area contributed by atoms with Gasteiger partial charge in [-0.05, 0) is 66.3 Å². The Morgan fingerprint density at radius 2 is 1.81 bits per heavy atom. The van der Waals surface area contributed by atoms with E-state index in [2.05, 4.69) is 66.1 Å². The van der Waals surface area contributed by atoms with Gasteiger partial charge >= 0.3 is 0 Å². The number of fused-ring (bicyclic) bond motifs is 1. The molecule has 26 heavy (non-hydrogen) atoms.